The molecule has 0 saturated carbocycles. The maximum absolute atomic E-state index is 12.2. The predicted octanol–water partition coefficient (Wildman–Crippen LogP) is 2.86. The molecule has 0 unspecified atom stereocenters. The molecule has 0 amide bonds. The Hall–Kier alpha value is -2.16. The Bertz CT molecular complexity index is 750. The van der Waals surface area contributed by atoms with Gasteiger partial charge in [-0.1, -0.05) is 42.5 Å². The van der Waals surface area contributed by atoms with Gasteiger partial charge in [0, 0.05) is 6.54 Å². The molecular weight excluding hydrogens is 296 g/mol. The molecule has 0 aliphatic carbocycles. The minimum Gasteiger partial charge on any atom is -0.211 e. The summed E-state index contributed by atoms with van der Waals surface area (Å²) in [5, 5.41) is 8.98. The quantitative estimate of drug-likeness (QED) is 0.799. The van der Waals surface area contributed by atoms with E-state index in [2.05, 4.69) is 16.9 Å². The predicted molar refractivity (Wildman–Crippen MR) is 85.7 cm³/mol. The van der Waals surface area contributed by atoms with E-state index in [0.717, 1.165) is 19.3 Å². The van der Waals surface area contributed by atoms with Crippen molar-refractivity contribution in [3.63, 3.8) is 0 Å². The van der Waals surface area contributed by atoms with Gasteiger partial charge >= 0.3 is 0 Å². The number of nitriles is 1. The van der Waals surface area contributed by atoms with Crippen molar-refractivity contribution >= 4 is 10.0 Å². The zero-order valence-corrected chi connectivity index (χ0v) is 13.0. The van der Waals surface area contributed by atoms with Gasteiger partial charge in [0.2, 0.25) is 10.0 Å². The molecule has 0 fully saturated rings. The van der Waals surface area contributed by atoms with Crippen molar-refractivity contribution in [1.82, 2.24) is 4.72 Å². The van der Waals surface area contributed by atoms with Crippen molar-refractivity contribution in [2.45, 2.75) is 24.2 Å². The third-order valence-electron chi connectivity index (χ3n) is 3.32. The van der Waals surface area contributed by atoms with Gasteiger partial charge in [0.05, 0.1) is 10.5 Å². The molecule has 0 saturated heterocycles. The number of sulfonamides is 1. The smallest absolute Gasteiger partial charge is 0.211 e. The molecule has 4 nitrogen and oxygen atoms in total. The highest BCUT2D eigenvalue weighted by molar-refractivity contribution is 7.89. The Balaban J connectivity index is 1.85. The van der Waals surface area contributed by atoms with E-state index in [4.69, 9.17) is 5.26 Å². The normalized spacial score (nSPS) is 11.0. The van der Waals surface area contributed by atoms with E-state index in [0.29, 0.717) is 6.54 Å². The van der Waals surface area contributed by atoms with Crippen molar-refractivity contribution in [3.05, 3.63) is 65.7 Å². The number of nitrogens with zero attached hydrogens (tertiary/aromatic N) is 1. The van der Waals surface area contributed by atoms with E-state index >= 15 is 0 Å². The molecule has 2 rings (SSSR count). The summed E-state index contributed by atoms with van der Waals surface area (Å²) >= 11 is 0. The largest absolute Gasteiger partial charge is 0.241 e. The van der Waals surface area contributed by atoms with Gasteiger partial charge in [-0.25, -0.2) is 13.1 Å². The molecule has 0 radical (unpaired) electrons. The van der Waals surface area contributed by atoms with Gasteiger partial charge in [0.1, 0.15) is 6.07 Å². The fourth-order valence-corrected chi connectivity index (χ4v) is 3.41. The van der Waals surface area contributed by atoms with E-state index in [-0.39, 0.29) is 10.5 Å². The van der Waals surface area contributed by atoms with E-state index in [1.807, 2.05) is 24.3 Å². The Morgan fingerprint density at radius 3 is 2.36 bits per heavy atom. The Morgan fingerprint density at radius 1 is 0.955 bits per heavy atom. The maximum Gasteiger partial charge on any atom is 0.241 e. The average Bonchev–Trinajstić information content (AvgIpc) is 2.55. The lowest BCUT2D eigenvalue weighted by atomic mass is 10.1. The van der Waals surface area contributed by atoms with E-state index in [1.165, 1.54) is 17.7 Å². The summed E-state index contributed by atoms with van der Waals surface area (Å²) in [5.41, 5.74) is 1.42. The molecule has 1 N–H and O–H groups in total. The van der Waals surface area contributed by atoms with Crippen LogP contribution in [-0.4, -0.2) is 15.0 Å². The summed E-state index contributed by atoms with van der Waals surface area (Å²) in [7, 11) is -3.62. The second-order valence-corrected chi connectivity index (χ2v) is 6.68. The summed E-state index contributed by atoms with van der Waals surface area (Å²) in [6, 6.07) is 18.2. The molecule has 5 heteroatoms. The second kappa shape index (κ2) is 7.74. The molecule has 0 aliphatic rings. The van der Waals surface area contributed by atoms with Crippen molar-refractivity contribution < 1.29 is 8.42 Å². The number of hydrogen-bond donors (Lipinski definition) is 1. The Morgan fingerprint density at radius 2 is 1.64 bits per heavy atom. The highest BCUT2D eigenvalue weighted by Gasteiger charge is 2.17. The van der Waals surface area contributed by atoms with E-state index in [1.54, 1.807) is 12.1 Å². The van der Waals surface area contributed by atoms with Crippen molar-refractivity contribution in [3.8, 4) is 6.07 Å². The third kappa shape index (κ3) is 4.42. The van der Waals surface area contributed by atoms with E-state index < -0.39 is 10.0 Å². The van der Waals surface area contributed by atoms with Crippen LogP contribution in [0.4, 0.5) is 0 Å². The summed E-state index contributed by atoms with van der Waals surface area (Å²) in [5.74, 6) is 0. The monoisotopic (exact) mass is 314 g/mol. The summed E-state index contributed by atoms with van der Waals surface area (Å²) < 4.78 is 26.9. The molecule has 0 bridgehead atoms. The van der Waals surface area contributed by atoms with Crippen LogP contribution in [0.1, 0.15) is 24.0 Å². The van der Waals surface area contributed by atoms with Gasteiger partial charge in [0.15, 0.2) is 0 Å². The van der Waals surface area contributed by atoms with Gasteiger partial charge in [0.25, 0.3) is 0 Å². The lowest BCUT2D eigenvalue weighted by Crippen LogP contribution is -2.25. The van der Waals surface area contributed by atoms with Crippen LogP contribution < -0.4 is 4.72 Å². The molecule has 0 aliphatic heterocycles. The fourth-order valence-electron chi connectivity index (χ4n) is 2.18. The fraction of sp³-hybridized carbons (Fsp3) is 0.235. The molecule has 22 heavy (non-hydrogen) atoms. The number of aryl methyl sites for hydroxylation is 1. The first-order chi connectivity index (χ1) is 10.6. The van der Waals surface area contributed by atoms with Crippen LogP contribution in [0.3, 0.4) is 0 Å². The molecule has 0 aromatic heterocycles. The molecule has 114 valence electrons. The van der Waals surface area contributed by atoms with Crippen LogP contribution in [0, 0.1) is 11.3 Å². The first-order valence-corrected chi connectivity index (χ1v) is 8.64. The first-order valence-electron chi connectivity index (χ1n) is 7.16. The third-order valence-corrected chi connectivity index (χ3v) is 4.84. The first kappa shape index (κ1) is 16.2. The van der Waals surface area contributed by atoms with Crippen LogP contribution >= 0.6 is 0 Å². The minimum atomic E-state index is -3.62. The number of unbranched alkanes of at least 4 members (excludes halogenated alkanes) is 1. The summed E-state index contributed by atoms with van der Waals surface area (Å²) in [6.45, 7) is 0.370. The van der Waals surface area contributed by atoms with Crippen molar-refractivity contribution in [1.29, 1.82) is 5.26 Å². The van der Waals surface area contributed by atoms with E-state index in [9.17, 15) is 8.42 Å². The Labute approximate surface area is 131 Å². The van der Waals surface area contributed by atoms with Crippen LogP contribution in [0.5, 0.6) is 0 Å². The van der Waals surface area contributed by atoms with Gasteiger partial charge in [-0.05, 0) is 37.0 Å². The van der Waals surface area contributed by atoms with Gasteiger partial charge in [-0.3, -0.25) is 0 Å². The minimum absolute atomic E-state index is 0.0422. The second-order valence-electron chi connectivity index (χ2n) is 4.95. The Kier molecular flexibility index (Phi) is 5.70. The summed E-state index contributed by atoms with van der Waals surface area (Å²) in [6.07, 6.45) is 2.59. The summed E-state index contributed by atoms with van der Waals surface area (Å²) in [4.78, 5) is 0.0422. The van der Waals surface area contributed by atoms with Crippen LogP contribution in [0.2, 0.25) is 0 Å². The van der Waals surface area contributed by atoms with Crippen LogP contribution in [0.15, 0.2) is 59.5 Å². The van der Waals surface area contributed by atoms with Crippen LogP contribution in [-0.2, 0) is 16.4 Å². The molecular formula is C17H18N2O2S. The average molecular weight is 314 g/mol. The molecule has 0 spiro atoms. The van der Waals surface area contributed by atoms with Gasteiger partial charge in [-0.2, -0.15) is 5.26 Å². The van der Waals surface area contributed by atoms with Crippen molar-refractivity contribution in [2.24, 2.45) is 0 Å². The molecule has 0 heterocycles. The van der Waals surface area contributed by atoms with Gasteiger partial charge < -0.3 is 0 Å². The zero-order chi connectivity index (χ0) is 15.8. The standard InChI is InChI=1S/C17H18N2O2S/c18-14-16-11-4-5-12-17(16)22(20,21)19-13-7-6-10-15-8-2-1-3-9-15/h1-5,8-9,11-12,19H,6-7,10,13H2. The zero-order valence-electron chi connectivity index (χ0n) is 12.2. The maximum atomic E-state index is 12.2. The molecule has 2 aromatic carbocycles. The SMILES string of the molecule is N#Cc1ccccc1S(=O)(=O)NCCCCc1ccccc1. The highest BCUT2D eigenvalue weighted by Crippen LogP contribution is 2.14. The molecule has 0 atom stereocenters. The van der Waals surface area contributed by atoms with Crippen molar-refractivity contribution in [2.75, 3.05) is 6.54 Å². The lowest BCUT2D eigenvalue weighted by molar-refractivity contribution is 0.576. The topological polar surface area (TPSA) is 70.0 Å². The number of rotatable bonds is 7. The highest BCUT2D eigenvalue weighted by atomic mass is 32.2. The van der Waals surface area contributed by atoms with Gasteiger partial charge in [-0.15, -0.1) is 0 Å². The number of benzene rings is 2. The van der Waals surface area contributed by atoms with Crippen LogP contribution in [0.25, 0.3) is 0 Å². The number of hydrogen-bond acceptors (Lipinski definition) is 3. The molecule has 2 aromatic rings. The number of nitrogens with one attached hydrogen (secondary N) is 1. The lowest BCUT2D eigenvalue weighted by Gasteiger charge is -2.08.